The van der Waals surface area contributed by atoms with Gasteiger partial charge in [0.2, 0.25) is 0 Å². The Balaban J connectivity index is 1.93. The lowest BCUT2D eigenvalue weighted by Gasteiger charge is -2.17. The molecular weight excluding hydrogens is 336 g/mol. The number of carbonyl (C=O) groups excluding carboxylic acids is 1. The highest BCUT2D eigenvalue weighted by Gasteiger charge is 2.24. The molecule has 0 aliphatic heterocycles. The van der Waals surface area contributed by atoms with Gasteiger partial charge >= 0.3 is 0 Å². The predicted octanol–water partition coefficient (Wildman–Crippen LogP) is 3.91. The molecule has 0 aliphatic rings. The van der Waals surface area contributed by atoms with Crippen LogP contribution >= 0.6 is 11.3 Å². The molecule has 2 aromatic rings. The molecule has 1 amide bonds. The van der Waals surface area contributed by atoms with E-state index in [1.807, 2.05) is 31.2 Å². The molecule has 1 aromatic heterocycles. The van der Waals surface area contributed by atoms with Crippen LogP contribution in [-0.4, -0.2) is 43.1 Å². The number of aromatic nitrogens is 1. The molecule has 25 heavy (non-hydrogen) atoms. The molecule has 1 heterocycles. The van der Waals surface area contributed by atoms with E-state index in [9.17, 15) is 4.79 Å². The summed E-state index contributed by atoms with van der Waals surface area (Å²) in [5.41, 5.74) is 0.743. The molecule has 1 aromatic carbocycles. The van der Waals surface area contributed by atoms with Crippen LogP contribution in [0.4, 0.5) is 0 Å². The van der Waals surface area contributed by atoms with Gasteiger partial charge in [-0.3, -0.25) is 4.79 Å². The van der Waals surface area contributed by atoms with E-state index in [0.717, 1.165) is 22.2 Å². The normalized spacial score (nSPS) is 11.3. The van der Waals surface area contributed by atoms with Crippen molar-refractivity contribution in [2.24, 2.45) is 0 Å². The van der Waals surface area contributed by atoms with Gasteiger partial charge in [-0.05, 0) is 31.2 Å². The molecule has 0 saturated heterocycles. The van der Waals surface area contributed by atoms with E-state index in [1.54, 1.807) is 19.1 Å². The SMILES string of the molecule is COc1ccc(OCCN(C)C(=O)c2sc(C(C)(C)C)nc2C)cc1. The van der Waals surface area contributed by atoms with Crippen molar-refractivity contribution in [2.45, 2.75) is 33.1 Å². The summed E-state index contributed by atoms with van der Waals surface area (Å²) in [6.07, 6.45) is 0. The molecule has 0 fully saturated rings. The van der Waals surface area contributed by atoms with Gasteiger partial charge in [-0.25, -0.2) is 4.98 Å². The molecule has 0 atom stereocenters. The molecule has 2 rings (SSSR count). The predicted molar refractivity (Wildman–Crippen MR) is 101 cm³/mol. The minimum absolute atomic E-state index is 0.0103. The second-order valence-corrected chi connectivity index (χ2v) is 7.93. The van der Waals surface area contributed by atoms with Crippen LogP contribution in [0.5, 0.6) is 11.5 Å². The molecular formula is C19H26N2O3S. The number of benzene rings is 1. The van der Waals surface area contributed by atoms with Crippen LogP contribution in [0.3, 0.4) is 0 Å². The first-order chi connectivity index (χ1) is 11.7. The van der Waals surface area contributed by atoms with E-state index in [-0.39, 0.29) is 11.3 Å². The number of hydrogen-bond acceptors (Lipinski definition) is 5. The number of rotatable bonds is 6. The lowest BCUT2D eigenvalue weighted by Crippen LogP contribution is -2.30. The molecule has 0 saturated carbocycles. The number of hydrogen-bond donors (Lipinski definition) is 0. The van der Waals surface area contributed by atoms with Gasteiger partial charge in [0.25, 0.3) is 5.91 Å². The Labute approximate surface area is 153 Å². The van der Waals surface area contributed by atoms with Gasteiger partial charge in [-0.15, -0.1) is 11.3 Å². The van der Waals surface area contributed by atoms with Crippen LogP contribution in [0.25, 0.3) is 0 Å². The fourth-order valence-corrected chi connectivity index (χ4v) is 3.28. The second-order valence-electron chi connectivity index (χ2n) is 6.93. The zero-order valence-electron chi connectivity index (χ0n) is 15.8. The molecule has 6 heteroatoms. The third kappa shape index (κ3) is 4.95. The lowest BCUT2D eigenvalue weighted by molar-refractivity contribution is 0.0777. The number of ether oxygens (including phenoxy) is 2. The van der Waals surface area contributed by atoms with Gasteiger partial charge in [0.05, 0.1) is 24.4 Å². The first-order valence-corrected chi connectivity index (χ1v) is 9.04. The van der Waals surface area contributed by atoms with Crippen molar-refractivity contribution < 1.29 is 14.3 Å². The molecule has 0 spiro atoms. The van der Waals surface area contributed by atoms with E-state index in [2.05, 4.69) is 25.8 Å². The maximum atomic E-state index is 12.7. The minimum Gasteiger partial charge on any atom is -0.497 e. The molecule has 0 N–H and O–H groups in total. The van der Waals surface area contributed by atoms with Gasteiger partial charge in [0, 0.05) is 12.5 Å². The fourth-order valence-electron chi connectivity index (χ4n) is 2.16. The van der Waals surface area contributed by atoms with Crippen LogP contribution in [0.1, 0.15) is 41.1 Å². The second kappa shape index (κ2) is 7.87. The largest absolute Gasteiger partial charge is 0.497 e. The quantitative estimate of drug-likeness (QED) is 0.782. The first kappa shape index (κ1) is 19.2. The summed E-state index contributed by atoms with van der Waals surface area (Å²) >= 11 is 1.48. The topological polar surface area (TPSA) is 51.7 Å². The number of aryl methyl sites for hydroxylation is 1. The highest BCUT2D eigenvalue weighted by atomic mass is 32.1. The van der Waals surface area contributed by atoms with E-state index in [0.29, 0.717) is 18.0 Å². The van der Waals surface area contributed by atoms with E-state index < -0.39 is 0 Å². The van der Waals surface area contributed by atoms with Crippen molar-refractivity contribution in [2.75, 3.05) is 27.3 Å². The maximum Gasteiger partial charge on any atom is 0.265 e. The van der Waals surface area contributed by atoms with E-state index in [4.69, 9.17) is 9.47 Å². The van der Waals surface area contributed by atoms with Crippen molar-refractivity contribution in [3.8, 4) is 11.5 Å². The van der Waals surface area contributed by atoms with Crippen LogP contribution in [0.15, 0.2) is 24.3 Å². The Bertz CT molecular complexity index is 717. The third-order valence-electron chi connectivity index (χ3n) is 3.73. The summed E-state index contributed by atoms with van der Waals surface area (Å²) in [6.45, 7) is 9.14. The molecule has 0 bridgehead atoms. The standard InChI is InChI=1S/C19H26N2O3S/c1-13-16(25-18(20-13)19(2,3)4)17(22)21(5)11-12-24-15-9-7-14(23-6)8-10-15/h7-10H,11-12H2,1-6H3. The van der Waals surface area contributed by atoms with E-state index >= 15 is 0 Å². The maximum absolute atomic E-state index is 12.7. The van der Waals surface area contributed by atoms with Gasteiger partial charge in [-0.2, -0.15) is 0 Å². The summed E-state index contributed by atoms with van der Waals surface area (Å²) < 4.78 is 10.8. The number of nitrogens with zero attached hydrogens (tertiary/aromatic N) is 2. The molecule has 136 valence electrons. The fraction of sp³-hybridized carbons (Fsp3) is 0.474. The van der Waals surface area contributed by atoms with Crippen molar-refractivity contribution in [1.29, 1.82) is 0 Å². The van der Waals surface area contributed by atoms with Gasteiger partial charge in [0.1, 0.15) is 23.0 Å². The van der Waals surface area contributed by atoms with Crippen molar-refractivity contribution >= 4 is 17.2 Å². The average Bonchev–Trinajstić information content (AvgIpc) is 2.96. The zero-order valence-corrected chi connectivity index (χ0v) is 16.6. The molecule has 0 radical (unpaired) electrons. The number of methoxy groups -OCH3 is 1. The molecule has 5 nitrogen and oxygen atoms in total. The zero-order chi connectivity index (χ0) is 18.6. The Morgan fingerprint density at radius 1 is 1.20 bits per heavy atom. The van der Waals surface area contributed by atoms with Crippen molar-refractivity contribution in [3.05, 3.63) is 39.8 Å². The molecule has 0 unspecified atom stereocenters. The van der Waals surface area contributed by atoms with Gasteiger partial charge in [-0.1, -0.05) is 20.8 Å². The van der Waals surface area contributed by atoms with Crippen LogP contribution < -0.4 is 9.47 Å². The Hall–Kier alpha value is -2.08. The monoisotopic (exact) mass is 362 g/mol. The highest BCUT2D eigenvalue weighted by molar-refractivity contribution is 7.14. The Morgan fingerprint density at radius 2 is 1.80 bits per heavy atom. The summed E-state index contributed by atoms with van der Waals surface area (Å²) in [4.78, 5) is 19.6. The van der Waals surface area contributed by atoms with Crippen molar-refractivity contribution in [1.82, 2.24) is 9.88 Å². The number of carbonyl (C=O) groups is 1. The van der Waals surface area contributed by atoms with E-state index in [1.165, 1.54) is 11.3 Å². The first-order valence-electron chi connectivity index (χ1n) is 8.22. The van der Waals surface area contributed by atoms with Crippen molar-refractivity contribution in [3.63, 3.8) is 0 Å². The smallest absolute Gasteiger partial charge is 0.265 e. The summed E-state index contributed by atoms with van der Waals surface area (Å²) in [6, 6.07) is 7.39. The van der Waals surface area contributed by atoms with Crippen LogP contribution in [0.2, 0.25) is 0 Å². The molecule has 0 aliphatic carbocycles. The summed E-state index contributed by atoms with van der Waals surface area (Å²) in [5.74, 6) is 1.53. The van der Waals surface area contributed by atoms with Gasteiger partial charge in [0.15, 0.2) is 0 Å². The Kier molecular flexibility index (Phi) is 6.06. The van der Waals surface area contributed by atoms with Crippen LogP contribution in [-0.2, 0) is 5.41 Å². The minimum atomic E-state index is -0.0516. The van der Waals surface area contributed by atoms with Gasteiger partial charge < -0.3 is 14.4 Å². The summed E-state index contributed by atoms with van der Waals surface area (Å²) in [7, 11) is 3.42. The third-order valence-corrected chi connectivity index (χ3v) is 5.31. The van der Waals surface area contributed by atoms with Crippen LogP contribution in [0, 0.1) is 6.92 Å². The average molecular weight is 362 g/mol. The number of thiazole rings is 1. The Morgan fingerprint density at radius 3 is 2.32 bits per heavy atom. The number of amides is 1. The number of likely N-dealkylation sites (N-methyl/N-ethyl adjacent to an activating group) is 1. The summed E-state index contributed by atoms with van der Waals surface area (Å²) in [5, 5.41) is 0.983. The lowest BCUT2D eigenvalue weighted by atomic mass is 9.98. The highest BCUT2D eigenvalue weighted by Crippen LogP contribution is 2.29.